The zero-order valence-electron chi connectivity index (χ0n) is 7.86. The van der Waals surface area contributed by atoms with E-state index >= 15 is 0 Å². The van der Waals surface area contributed by atoms with Crippen molar-refractivity contribution in [2.75, 3.05) is 19.6 Å². The summed E-state index contributed by atoms with van der Waals surface area (Å²) in [5.74, 6) is 0. The molecule has 2 aliphatic heterocycles. The third kappa shape index (κ3) is 1.94. The highest BCUT2D eigenvalue weighted by Crippen LogP contribution is 2.22. The van der Waals surface area contributed by atoms with Crippen LogP contribution in [0.2, 0.25) is 0 Å². The molecule has 0 saturated carbocycles. The van der Waals surface area contributed by atoms with Gasteiger partial charge in [-0.1, -0.05) is 0 Å². The molecular formula is C9H17N3O. The Balaban J connectivity index is 1.97. The molecule has 2 saturated heterocycles. The second-order valence-corrected chi connectivity index (χ2v) is 4.05. The molecule has 3 N–H and O–H groups in total. The van der Waals surface area contributed by atoms with Crippen LogP contribution in [0.4, 0.5) is 4.79 Å². The Morgan fingerprint density at radius 2 is 1.85 bits per heavy atom. The molecule has 2 amide bonds. The van der Waals surface area contributed by atoms with E-state index in [0.29, 0.717) is 0 Å². The number of hydrogen-bond donors (Lipinski definition) is 3. The molecule has 2 fully saturated rings. The Labute approximate surface area is 78.5 Å². The first-order valence-corrected chi connectivity index (χ1v) is 5.08. The van der Waals surface area contributed by atoms with Crippen LogP contribution in [0.15, 0.2) is 0 Å². The fourth-order valence-corrected chi connectivity index (χ4v) is 2.23. The molecule has 0 aliphatic carbocycles. The molecular weight excluding hydrogens is 166 g/mol. The third-order valence-electron chi connectivity index (χ3n) is 2.98. The van der Waals surface area contributed by atoms with Crippen molar-refractivity contribution in [3.63, 3.8) is 0 Å². The van der Waals surface area contributed by atoms with Crippen molar-refractivity contribution in [3.8, 4) is 0 Å². The fraction of sp³-hybridized carbons (Fsp3) is 0.889. The lowest BCUT2D eigenvalue weighted by Crippen LogP contribution is -2.45. The second-order valence-electron chi connectivity index (χ2n) is 4.05. The molecule has 4 nitrogen and oxygen atoms in total. The molecule has 0 aromatic rings. The average molecular weight is 183 g/mol. The molecule has 0 unspecified atom stereocenters. The SMILES string of the molecule is O=C1NCC2(CCCNCCC2)N1. The molecule has 0 aromatic heterocycles. The lowest BCUT2D eigenvalue weighted by Gasteiger charge is -2.29. The van der Waals surface area contributed by atoms with Crippen LogP contribution in [0.3, 0.4) is 0 Å². The molecule has 2 aliphatic rings. The van der Waals surface area contributed by atoms with Gasteiger partial charge in [-0.15, -0.1) is 0 Å². The normalized spacial score (nSPS) is 27.5. The van der Waals surface area contributed by atoms with E-state index in [1.165, 1.54) is 0 Å². The van der Waals surface area contributed by atoms with E-state index in [9.17, 15) is 4.79 Å². The van der Waals surface area contributed by atoms with Crippen LogP contribution in [0.5, 0.6) is 0 Å². The van der Waals surface area contributed by atoms with Gasteiger partial charge in [0.2, 0.25) is 0 Å². The largest absolute Gasteiger partial charge is 0.336 e. The van der Waals surface area contributed by atoms with E-state index in [4.69, 9.17) is 0 Å². The molecule has 2 rings (SSSR count). The van der Waals surface area contributed by atoms with Crippen LogP contribution in [-0.4, -0.2) is 31.2 Å². The van der Waals surface area contributed by atoms with Crippen LogP contribution >= 0.6 is 0 Å². The first kappa shape index (κ1) is 8.81. The number of carbonyl (C=O) groups is 1. The lowest BCUT2D eigenvalue weighted by molar-refractivity contribution is 0.240. The highest BCUT2D eigenvalue weighted by molar-refractivity contribution is 5.77. The van der Waals surface area contributed by atoms with Gasteiger partial charge in [-0.3, -0.25) is 0 Å². The van der Waals surface area contributed by atoms with Crippen molar-refractivity contribution in [2.24, 2.45) is 0 Å². The molecule has 0 radical (unpaired) electrons. The number of nitrogens with one attached hydrogen (secondary N) is 3. The molecule has 1 spiro atoms. The minimum Gasteiger partial charge on any atom is -0.336 e. The quantitative estimate of drug-likeness (QED) is 0.502. The van der Waals surface area contributed by atoms with E-state index in [0.717, 1.165) is 45.3 Å². The number of carbonyl (C=O) groups excluding carboxylic acids is 1. The van der Waals surface area contributed by atoms with Crippen molar-refractivity contribution in [1.29, 1.82) is 0 Å². The highest BCUT2D eigenvalue weighted by atomic mass is 16.2. The average Bonchev–Trinajstić information content (AvgIpc) is 2.42. The standard InChI is InChI=1S/C9H17N3O/c13-8-11-7-9(12-8)3-1-5-10-6-2-4-9/h10H,1-7H2,(H2,11,12,13). The van der Waals surface area contributed by atoms with Gasteiger partial charge in [-0.2, -0.15) is 0 Å². The topological polar surface area (TPSA) is 53.2 Å². The zero-order valence-corrected chi connectivity index (χ0v) is 7.86. The lowest BCUT2D eigenvalue weighted by atomic mass is 9.88. The Kier molecular flexibility index (Phi) is 2.40. The van der Waals surface area contributed by atoms with Gasteiger partial charge in [0.1, 0.15) is 0 Å². The maximum atomic E-state index is 11.1. The Bertz CT molecular complexity index is 197. The minimum atomic E-state index is 0.00790. The maximum absolute atomic E-state index is 11.1. The van der Waals surface area contributed by atoms with Gasteiger partial charge in [0.25, 0.3) is 0 Å². The maximum Gasteiger partial charge on any atom is 0.315 e. The van der Waals surface area contributed by atoms with Crippen LogP contribution in [0.25, 0.3) is 0 Å². The molecule has 0 aromatic carbocycles. The summed E-state index contributed by atoms with van der Waals surface area (Å²) in [5, 5.41) is 9.29. The number of hydrogen-bond acceptors (Lipinski definition) is 2. The Morgan fingerprint density at radius 3 is 2.38 bits per heavy atom. The van der Waals surface area contributed by atoms with E-state index in [1.807, 2.05) is 0 Å². The summed E-state index contributed by atoms with van der Waals surface area (Å²) in [5.41, 5.74) is 0.0686. The Hall–Kier alpha value is -0.770. The molecule has 0 atom stereocenters. The van der Waals surface area contributed by atoms with E-state index < -0.39 is 0 Å². The molecule has 4 heteroatoms. The fourth-order valence-electron chi connectivity index (χ4n) is 2.23. The predicted molar refractivity (Wildman–Crippen MR) is 50.6 cm³/mol. The van der Waals surface area contributed by atoms with Gasteiger partial charge in [-0.05, 0) is 38.8 Å². The predicted octanol–water partition coefficient (Wildman–Crippen LogP) is 0.202. The zero-order chi connectivity index (χ0) is 9.15. The summed E-state index contributed by atoms with van der Waals surface area (Å²) < 4.78 is 0. The number of urea groups is 1. The van der Waals surface area contributed by atoms with Crippen molar-refractivity contribution in [3.05, 3.63) is 0 Å². The van der Waals surface area contributed by atoms with Crippen molar-refractivity contribution in [2.45, 2.75) is 31.2 Å². The molecule has 0 bridgehead atoms. The first-order chi connectivity index (χ1) is 6.31. The summed E-state index contributed by atoms with van der Waals surface area (Å²) in [7, 11) is 0. The molecule has 74 valence electrons. The summed E-state index contributed by atoms with van der Waals surface area (Å²) in [6.07, 6.45) is 4.50. The van der Waals surface area contributed by atoms with E-state index in [2.05, 4.69) is 16.0 Å². The number of amides is 2. The highest BCUT2D eigenvalue weighted by Gasteiger charge is 2.36. The minimum absolute atomic E-state index is 0.00790. The molecule has 2 heterocycles. The smallest absolute Gasteiger partial charge is 0.315 e. The van der Waals surface area contributed by atoms with Crippen LogP contribution in [0, 0.1) is 0 Å². The van der Waals surface area contributed by atoms with E-state index in [-0.39, 0.29) is 11.6 Å². The summed E-state index contributed by atoms with van der Waals surface area (Å²) >= 11 is 0. The van der Waals surface area contributed by atoms with Gasteiger partial charge in [-0.25, -0.2) is 4.79 Å². The van der Waals surface area contributed by atoms with Gasteiger partial charge < -0.3 is 16.0 Å². The first-order valence-electron chi connectivity index (χ1n) is 5.08. The summed E-state index contributed by atoms with van der Waals surface area (Å²) in [6, 6.07) is 0.00790. The summed E-state index contributed by atoms with van der Waals surface area (Å²) in [4.78, 5) is 11.1. The van der Waals surface area contributed by atoms with Crippen LogP contribution < -0.4 is 16.0 Å². The van der Waals surface area contributed by atoms with Crippen LogP contribution in [-0.2, 0) is 0 Å². The van der Waals surface area contributed by atoms with Crippen molar-refractivity contribution >= 4 is 6.03 Å². The van der Waals surface area contributed by atoms with Crippen molar-refractivity contribution < 1.29 is 4.79 Å². The van der Waals surface area contributed by atoms with Gasteiger partial charge >= 0.3 is 6.03 Å². The number of rotatable bonds is 0. The summed E-state index contributed by atoms with van der Waals surface area (Å²) in [6.45, 7) is 2.97. The third-order valence-corrected chi connectivity index (χ3v) is 2.98. The van der Waals surface area contributed by atoms with Gasteiger partial charge in [0.15, 0.2) is 0 Å². The molecule has 13 heavy (non-hydrogen) atoms. The monoisotopic (exact) mass is 183 g/mol. The Morgan fingerprint density at radius 1 is 1.15 bits per heavy atom. The van der Waals surface area contributed by atoms with Crippen molar-refractivity contribution in [1.82, 2.24) is 16.0 Å². The van der Waals surface area contributed by atoms with Crippen LogP contribution in [0.1, 0.15) is 25.7 Å². The van der Waals surface area contributed by atoms with Gasteiger partial charge in [0, 0.05) is 6.54 Å². The van der Waals surface area contributed by atoms with E-state index in [1.54, 1.807) is 0 Å². The second kappa shape index (κ2) is 3.54. The van der Waals surface area contributed by atoms with Gasteiger partial charge in [0.05, 0.1) is 5.54 Å².